The van der Waals surface area contributed by atoms with Gasteiger partial charge in [0.2, 0.25) is 0 Å². The Kier molecular flexibility index (Phi) is 4.42. The number of aromatic nitrogens is 1. The van der Waals surface area contributed by atoms with Gasteiger partial charge in [-0.05, 0) is 30.9 Å². The van der Waals surface area contributed by atoms with Crippen molar-refractivity contribution in [2.24, 2.45) is 11.7 Å². The molecule has 0 aliphatic heterocycles. The second-order valence-electron chi connectivity index (χ2n) is 4.45. The Morgan fingerprint density at radius 2 is 2.12 bits per heavy atom. The Balaban J connectivity index is 2.99. The van der Waals surface area contributed by atoms with Crippen molar-refractivity contribution in [2.45, 2.75) is 45.6 Å². The second kappa shape index (κ2) is 5.39. The standard InChI is InChI=1S/C13H21FN2/c1-4-6-10(3)13(15,5-2)12-8-7-11(14)9-16-12/h7-10H,4-6,15H2,1-3H3. The molecule has 3 heteroatoms. The first-order valence-electron chi connectivity index (χ1n) is 5.95. The second-order valence-corrected chi connectivity index (χ2v) is 4.45. The Labute approximate surface area is 97.1 Å². The van der Waals surface area contributed by atoms with Crippen LogP contribution in [0.1, 0.15) is 45.7 Å². The van der Waals surface area contributed by atoms with Crippen LogP contribution in [0.5, 0.6) is 0 Å². The van der Waals surface area contributed by atoms with E-state index in [1.807, 2.05) is 0 Å². The molecule has 90 valence electrons. The maximum absolute atomic E-state index is 12.8. The van der Waals surface area contributed by atoms with Crippen LogP contribution >= 0.6 is 0 Å². The summed E-state index contributed by atoms with van der Waals surface area (Å²) in [5.74, 6) is 0.0332. The Morgan fingerprint density at radius 3 is 2.56 bits per heavy atom. The van der Waals surface area contributed by atoms with Crippen LogP contribution in [0.3, 0.4) is 0 Å². The first-order valence-corrected chi connectivity index (χ1v) is 5.95. The maximum Gasteiger partial charge on any atom is 0.141 e. The smallest absolute Gasteiger partial charge is 0.141 e. The molecule has 0 bridgehead atoms. The van der Waals surface area contributed by atoms with Crippen LogP contribution in [0.25, 0.3) is 0 Å². The average molecular weight is 224 g/mol. The van der Waals surface area contributed by atoms with Crippen LogP contribution in [0, 0.1) is 11.7 Å². The van der Waals surface area contributed by atoms with Crippen molar-refractivity contribution in [3.63, 3.8) is 0 Å². The van der Waals surface area contributed by atoms with Crippen molar-refractivity contribution in [2.75, 3.05) is 0 Å². The molecular weight excluding hydrogens is 203 g/mol. The van der Waals surface area contributed by atoms with Gasteiger partial charge >= 0.3 is 0 Å². The van der Waals surface area contributed by atoms with Crippen molar-refractivity contribution in [3.8, 4) is 0 Å². The van der Waals surface area contributed by atoms with E-state index < -0.39 is 5.54 Å². The number of nitrogens with two attached hydrogens (primary N) is 1. The molecule has 2 atom stereocenters. The minimum absolute atomic E-state index is 0.314. The van der Waals surface area contributed by atoms with Gasteiger partial charge in [-0.25, -0.2) is 4.39 Å². The molecule has 1 aromatic rings. The van der Waals surface area contributed by atoms with Gasteiger partial charge in [-0.3, -0.25) is 4.98 Å². The molecule has 1 rings (SSSR count). The molecule has 0 spiro atoms. The molecule has 0 fully saturated rings. The van der Waals surface area contributed by atoms with Gasteiger partial charge in [-0.15, -0.1) is 0 Å². The fourth-order valence-electron chi connectivity index (χ4n) is 2.12. The van der Waals surface area contributed by atoms with E-state index in [0.29, 0.717) is 5.92 Å². The zero-order chi connectivity index (χ0) is 12.2. The first kappa shape index (κ1) is 13.1. The van der Waals surface area contributed by atoms with E-state index in [0.717, 1.165) is 25.0 Å². The number of rotatable bonds is 5. The van der Waals surface area contributed by atoms with Crippen molar-refractivity contribution in [1.82, 2.24) is 4.98 Å². The highest BCUT2D eigenvalue weighted by Gasteiger charge is 2.32. The largest absolute Gasteiger partial charge is 0.320 e. The number of nitrogens with zero attached hydrogens (tertiary/aromatic N) is 1. The molecule has 0 aromatic carbocycles. The normalized spacial score (nSPS) is 16.8. The summed E-state index contributed by atoms with van der Waals surface area (Å²) < 4.78 is 12.8. The number of hydrogen-bond acceptors (Lipinski definition) is 2. The summed E-state index contributed by atoms with van der Waals surface area (Å²) in [5.41, 5.74) is 6.76. The highest BCUT2D eigenvalue weighted by Crippen LogP contribution is 2.31. The third-order valence-corrected chi connectivity index (χ3v) is 3.39. The molecule has 16 heavy (non-hydrogen) atoms. The summed E-state index contributed by atoms with van der Waals surface area (Å²) in [5, 5.41) is 0. The number of halogens is 1. The van der Waals surface area contributed by atoms with Crippen LogP contribution in [0.2, 0.25) is 0 Å². The molecule has 0 saturated carbocycles. The lowest BCUT2D eigenvalue weighted by atomic mass is 9.78. The van der Waals surface area contributed by atoms with E-state index in [9.17, 15) is 4.39 Å². The molecule has 0 amide bonds. The van der Waals surface area contributed by atoms with Crippen molar-refractivity contribution in [1.29, 1.82) is 0 Å². The van der Waals surface area contributed by atoms with E-state index in [-0.39, 0.29) is 5.82 Å². The van der Waals surface area contributed by atoms with Crippen molar-refractivity contribution >= 4 is 0 Å². The molecular formula is C13H21FN2. The fourth-order valence-corrected chi connectivity index (χ4v) is 2.12. The minimum atomic E-state index is -0.441. The topological polar surface area (TPSA) is 38.9 Å². The van der Waals surface area contributed by atoms with Gasteiger partial charge in [0.15, 0.2) is 0 Å². The molecule has 0 radical (unpaired) electrons. The predicted molar refractivity (Wildman–Crippen MR) is 64.4 cm³/mol. The lowest BCUT2D eigenvalue weighted by Crippen LogP contribution is -2.43. The summed E-state index contributed by atoms with van der Waals surface area (Å²) in [7, 11) is 0. The summed E-state index contributed by atoms with van der Waals surface area (Å²) in [6, 6.07) is 3.13. The van der Waals surface area contributed by atoms with Gasteiger partial charge in [-0.1, -0.05) is 27.2 Å². The van der Waals surface area contributed by atoms with Crippen molar-refractivity contribution < 1.29 is 4.39 Å². The van der Waals surface area contributed by atoms with Crippen LogP contribution in [-0.4, -0.2) is 4.98 Å². The molecule has 2 nitrogen and oxygen atoms in total. The third-order valence-electron chi connectivity index (χ3n) is 3.39. The van der Waals surface area contributed by atoms with Gasteiger partial charge in [0, 0.05) is 0 Å². The van der Waals surface area contributed by atoms with E-state index in [1.54, 1.807) is 6.07 Å². The monoisotopic (exact) mass is 224 g/mol. The fraction of sp³-hybridized carbons (Fsp3) is 0.615. The van der Waals surface area contributed by atoms with Crippen LogP contribution in [0.4, 0.5) is 4.39 Å². The Morgan fingerprint density at radius 1 is 1.44 bits per heavy atom. The lowest BCUT2D eigenvalue weighted by molar-refractivity contribution is 0.260. The molecule has 2 unspecified atom stereocenters. The zero-order valence-corrected chi connectivity index (χ0v) is 10.3. The van der Waals surface area contributed by atoms with E-state index in [4.69, 9.17) is 5.73 Å². The molecule has 0 aliphatic rings. The maximum atomic E-state index is 12.8. The van der Waals surface area contributed by atoms with Gasteiger partial charge in [-0.2, -0.15) is 0 Å². The average Bonchev–Trinajstić information content (AvgIpc) is 2.29. The predicted octanol–water partition coefficient (Wildman–Crippen LogP) is 3.22. The van der Waals surface area contributed by atoms with Gasteiger partial charge in [0.05, 0.1) is 17.4 Å². The molecule has 0 aliphatic carbocycles. The van der Waals surface area contributed by atoms with Gasteiger partial charge in [0.1, 0.15) is 5.82 Å². The number of hydrogen-bond donors (Lipinski definition) is 1. The zero-order valence-electron chi connectivity index (χ0n) is 10.3. The molecule has 2 N–H and O–H groups in total. The third kappa shape index (κ3) is 2.59. The summed E-state index contributed by atoms with van der Waals surface area (Å²) >= 11 is 0. The van der Waals surface area contributed by atoms with E-state index in [2.05, 4.69) is 25.8 Å². The van der Waals surface area contributed by atoms with Crippen LogP contribution < -0.4 is 5.73 Å². The summed E-state index contributed by atoms with van der Waals surface area (Å²) in [6.07, 6.45) is 4.21. The van der Waals surface area contributed by atoms with Crippen LogP contribution in [-0.2, 0) is 5.54 Å². The highest BCUT2D eigenvalue weighted by atomic mass is 19.1. The van der Waals surface area contributed by atoms with Gasteiger partial charge < -0.3 is 5.73 Å². The van der Waals surface area contributed by atoms with E-state index in [1.165, 1.54) is 12.3 Å². The van der Waals surface area contributed by atoms with Gasteiger partial charge in [0.25, 0.3) is 0 Å². The molecule has 1 aromatic heterocycles. The SMILES string of the molecule is CCCC(C)C(N)(CC)c1ccc(F)cn1. The minimum Gasteiger partial charge on any atom is -0.320 e. The summed E-state index contributed by atoms with van der Waals surface area (Å²) in [6.45, 7) is 6.33. The highest BCUT2D eigenvalue weighted by molar-refractivity contribution is 5.16. The van der Waals surface area contributed by atoms with Crippen LogP contribution in [0.15, 0.2) is 18.3 Å². The quantitative estimate of drug-likeness (QED) is 0.834. The summed E-state index contributed by atoms with van der Waals surface area (Å²) in [4.78, 5) is 4.12. The molecule has 0 saturated heterocycles. The molecule has 1 heterocycles. The lowest BCUT2D eigenvalue weighted by Gasteiger charge is -2.34. The Hall–Kier alpha value is -0.960. The Bertz CT molecular complexity index is 323. The van der Waals surface area contributed by atoms with E-state index >= 15 is 0 Å². The van der Waals surface area contributed by atoms with Crippen molar-refractivity contribution in [3.05, 3.63) is 29.8 Å². The number of pyridine rings is 1. The first-order chi connectivity index (χ1) is 7.54.